The van der Waals surface area contributed by atoms with Crippen molar-refractivity contribution in [2.45, 2.75) is 33.2 Å². The van der Waals surface area contributed by atoms with E-state index in [0.717, 1.165) is 22.1 Å². The molecular formula is C14H17Cl2N3S. The molecule has 0 saturated carbocycles. The van der Waals surface area contributed by atoms with Gasteiger partial charge in [0.25, 0.3) is 0 Å². The van der Waals surface area contributed by atoms with Gasteiger partial charge < -0.3 is 5.32 Å². The van der Waals surface area contributed by atoms with Crippen LogP contribution >= 0.6 is 34.5 Å². The van der Waals surface area contributed by atoms with E-state index in [1.165, 1.54) is 0 Å². The predicted molar refractivity (Wildman–Crippen MR) is 87.0 cm³/mol. The van der Waals surface area contributed by atoms with E-state index in [1.807, 2.05) is 19.1 Å². The van der Waals surface area contributed by atoms with Gasteiger partial charge in [0.05, 0.1) is 6.04 Å². The van der Waals surface area contributed by atoms with Gasteiger partial charge in [-0.05, 0) is 30.5 Å². The quantitative estimate of drug-likeness (QED) is 0.817. The van der Waals surface area contributed by atoms with Gasteiger partial charge in [0, 0.05) is 16.5 Å². The summed E-state index contributed by atoms with van der Waals surface area (Å²) in [7, 11) is 0. The minimum absolute atomic E-state index is 0.0552. The molecule has 0 fully saturated rings. The van der Waals surface area contributed by atoms with Gasteiger partial charge in [-0.2, -0.15) is 0 Å². The molecule has 1 aromatic carbocycles. The molecule has 0 radical (unpaired) electrons. The van der Waals surface area contributed by atoms with Crippen molar-refractivity contribution in [3.8, 4) is 0 Å². The van der Waals surface area contributed by atoms with Crippen LogP contribution in [0.3, 0.4) is 0 Å². The molecule has 0 bridgehead atoms. The highest BCUT2D eigenvalue weighted by molar-refractivity contribution is 7.15. The second-order valence-electron chi connectivity index (χ2n) is 5.13. The fraction of sp³-hybridized carbons (Fsp3) is 0.429. The van der Waals surface area contributed by atoms with Gasteiger partial charge in [0.15, 0.2) is 0 Å². The summed E-state index contributed by atoms with van der Waals surface area (Å²) < 4.78 is 0. The number of aromatic nitrogens is 2. The fourth-order valence-electron chi connectivity index (χ4n) is 1.86. The molecule has 1 aromatic heterocycles. The molecule has 0 aliphatic rings. The Bertz CT molecular complexity index is 584. The normalized spacial score (nSPS) is 12.7. The number of hydrogen-bond donors (Lipinski definition) is 1. The van der Waals surface area contributed by atoms with Crippen molar-refractivity contribution in [2.75, 3.05) is 5.32 Å². The summed E-state index contributed by atoms with van der Waals surface area (Å²) in [6.07, 6.45) is 0.954. The van der Waals surface area contributed by atoms with E-state index in [2.05, 4.69) is 29.4 Å². The first kappa shape index (κ1) is 15.5. The van der Waals surface area contributed by atoms with Crippen LogP contribution in [0.2, 0.25) is 10.0 Å². The number of halogens is 2. The van der Waals surface area contributed by atoms with Crippen molar-refractivity contribution in [1.82, 2.24) is 10.2 Å². The summed E-state index contributed by atoms with van der Waals surface area (Å²) in [5.41, 5.74) is 0.997. The van der Waals surface area contributed by atoms with E-state index >= 15 is 0 Å². The minimum atomic E-state index is 0.0552. The monoisotopic (exact) mass is 329 g/mol. The Labute approximate surface area is 133 Å². The minimum Gasteiger partial charge on any atom is -0.354 e. The Morgan fingerprint density at radius 3 is 2.60 bits per heavy atom. The Morgan fingerprint density at radius 1 is 1.20 bits per heavy atom. The van der Waals surface area contributed by atoms with Gasteiger partial charge in [-0.15, -0.1) is 10.2 Å². The van der Waals surface area contributed by atoms with E-state index < -0.39 is 0 Å². The number of rotatable bonds is 5. The maximum absolute atomic E-state index is 6.21. The molecule has 1 N–H and O–H groups in total. The molecule has 20 heavy (non-hydrogen) atoms. The highest BCUT2D eigenvalue weighted by Gasteiger charge is 2.13. The van der Waals surface area contributed by atoms with Crippen LogP contribution in [0.5, 0.6) is 0 Å². The van der Waals surface area contributed by atoms with E-state index in [-0.39, 0.29) is 6.04 Å². The maximum Gasteiger partial charge on any atom is 0.206 e. The average molecular weight is 330 g/mol. The van der Waals surface area contributed by atoms with Crippen LogP contribution in [0.15, 0.2) is 18.2 Å². The summed E-state index contributed by atoms with van der Waals surface area (Å²) in [4.78, 5) is 0. The molecule has 1 atom stereocenters. The molecule has 108 valence electrons. The summed E-state index contributed by atoms with van der Waals surface area (Å²) in [6, 6.07) is 5.57. The molecule has 0 aliphatic heterocycles. The van der Waals surface area contributed by atoms with Crippen molar-refractivity contribution in [1.29, 1.82) is 0 Å². The zero-order valence-corrected chi connectivity index (χ0v) is 14.0. The topological polar surface area (TPSA) is 37.8 Å². The number of benzene rings is 1. The van der Waals surface area contributed by atoms with Gasteiger partial charge in [0.1, 0.15) is 5.01 Å². The SMILES string of the molecule is CC(C)Cc1nnc(NC(C)c2ccc(Cl)cc2Cl)s1. The van der Waals surface area contributed by atoms with Gasteiger partial charge in [-0.3, -0.25) is 0 Å². The van der Waals surface area contributed by atoms with E-state index in [4.69, 9.17) is 23.2 Å². The molecule has 6 heteroatoms. The first-order valence-electron chi connectivity index (χ1n) is 6.49. The Hall–Kier alpha value is -0.840. The molecular weight excluding hydrogens is 313 g/mol. The number of hydrogen-bond acceptors (Lipinski definition) is 4. The van der Waals surface area contributed by atoms with Crippen LogP contribution in [-0.2, 0) is 6.42 Å². The van der Waals surface area contributed by atoms with Crippen LogP contribution in [0, 0.1) is 5.92 Å². The summed E-state index contributed by atoms with van der Waals surface area (Å²) in [6.45, 7) is 6.38. The van der Waals surface area contributed by atoms with Crippen molar-refractivity contribution in [2.24, 2.45) is 5.92 Å². The first-order chi connectivity index (χ1) is 9.45. The largest absolute Gasteiger partial charge is 0.354 e. The number of nitrogens with one attached hydrogen (secondary N) is 1. The smallest absolute Gasteiger partial charge is 0.206 e. The fourth-order valence-corrected chi connectivity index (χ4v) is 3.47. The lowest BCUT2D eigenvalue weighted by molar-refractivity contribution is 0.640. The molecule has 0 spiro atoms. The van der Waals surface area contributed by atoms with Crippen molar-refractivity contribution in [3.63, 3.8) is 0 Å². The van der Waals surface area contributed by atoms with Crippen molar-refractivity contribution >= 4 is 39.7 Å². The zero-order chi connectivity index (χ0) is 14.7. The van der Waals surface area contributed by atoms with E-state index in [1.54, 1.807) is 17.4 Å². The zero-order valence-electron chi connectivity index (χ0n) is 11.7. The number of nitrogens with zero attached hydrogens (tertiary/aromatic N) is 2. The molecule has 0 saturated heterocycles. The second-order valence-corrected chi connectivity index (χ2v) is 7.04. The van der Waals surface area contributed by atoms with E-state index in [9.17, 15) is 0 Å². The lowest BCUT2D eigenvalue weighted by Gasteiger charge is -2.14. The standard InChI is InChI=1S/C14H17Cl2N3S/c1-8(2)6-13-18-19-14(20-13)17-9(3)11-5-4-10(15)7-12(11)16/h4-5,7-9H,6H2,1-3H3,(H,17,19). The van der Waals surface area contributed by atoms with Gasteiger partial charge in [-0.1, -0.05) is 54.5 Å². The van der Waals surface area contributed by atoms with Crippen molar-refractivity contribution < 1.29 is 0 Å². The third-order valence-electron chi connectivity index (χ3n) is 2.82. The molecule has 2 aromatic rings. The number of anilines is 1. The van der Waals surface area contributed by atoms with Gasteiger partial charge in [0.2, 0.25) is 5.13 Å². The van der Waals surface area contributed by atoms with Crippen LogP contribution in [0.1, 0.15) is 37.4 Å². The maximum atomic E-state index is 6.21. The molecule has 0 aliphatic carbocycles. The van der Waals surface area contributed by atoms with Crippen LogP contribution in [0.25, 0.3) is 0 Å². The Morgan fingerprint density at radius 2 is 1.95 bits per heavy atom. The predicted octanol–water partition coefficient (Wildman–Crippen LogP) is 5.22. The Balaban J connectivity index is 2.07. The third kappa shape index (κ3) is 4.08. The molecule has 2 rings (SSSR count). The average Bonchev–Trinajstić information content (AvgIpc) is 2.75. The lowest BCUT2D eigenvalue weighted by atomic mass is 10.1. The molecule has 0 amide bonds. The lowest BCUT2D eigenvalue weighted by Crippen LogP contribution is -2.06. The third-order valence-corrected chi connectivity index (χ3v) is 4.26. The van der Waals surface area contributed by atoms with Gasteiger partial charge >= 0.3 is 0 Å². The highest BCUT2D eigenvalue weighted by Crippen LogP contribution is 2.29. The first-order valence-corrected chi connectivity index (χ1v) is 8.07. The Kier molecular flexibility index (Phi) is 5.24. The summed E-state index contributed by atoms with van der Waals surface area (Å²) >= 11 is 13.7. The molecule has 3 nitrogen and oxygen atoms in total. The van der Waals surface area contributed by atoms with E-state index in [0.29, 0.717) is 16.0 Å². The molecule has 1 unspecified atom stereocenters. The summed E-state index contributed by atoms with van der Waals surface area (Å²) in [5, 5.41) is 14.9. The van der Waals surface area contributed by atoms with Crippen LogP contribution in [0.4, 0.5) is 5.13 Å². The van der Waals surface area contributed by atoms with Crippen molar-refractivity contribution in [3.05, 3.63) is 38.8 Å². The van der Waals surface area contributed by atoms with Crippen LogP contribution in [-0.4, -0.2) is 10.2 Å². The molecule has 1 heterocycles. The highest BCUT2D eigenvalue weighted by atomic mass is 35.5. The summed E-state index contributed by atoms with van der Waals surface area (Å²) in [5.74, 6) is 0.582. The van der Waals surface area contributed by atoms with Crippen LogP contribution < -0.4 is 5.32 Å². The van der Waals surface area contributed by atoms with Gasteiger partial charge in [-0.25, -0.2) is 0 Å². The second kappa shape index (κ2) is 6.74.